The van der Waals surface area contributed by atoms with Gasteiger partial charge in [-0.05, 0) is 105 Å². The fourth-order valence-corrected chi connectivity index (χ4v) is 10.8. The van der Waals surface area contributed by atoms with Gasteiger partial charge in [0.15, 0.2) is 0 Å². The van der Waals surface area contributed by atoms with E-state index < -0.39 is 35.2 Å². The number of esters is 2. The summed E-state index contributed by atoms with van der Waals surface area (Å²) in [6, 6.07) is 10.5. The molecule has 1 aromatic carbocycles. The molecule has 9 atom stereocenters. The number of cyclic esters (lactones) is 1. The molecule has 7 nitrogen and oxygen atoms in total. The van der Waals surface area contributed by atoms with E-state index in [-0.39, 0.29) is 29.9 Å². The lowest BCUT2D eigenvalue weighted by atomic mass is 9.37. The maximum Gasteiger partial charge on any atom is 0.331 e. The quantitative estimate of drug-likeness (QED) is 0.195. The first-order valence-electron chi connectivity index (χ1n) is 18.6. The Balaban J connectivity index is 1.50. The van der Waals surface area contributed by atoms with Crippen molar-refractivity contribution < 1.29 is 34.4 Å². The zero-order valence-corrected chi connectivity index (χ0v) is 29.3. The molecule has 3 saturated carbocycles. The minimum atomic E-state index is -1.45. The molecule has 262 valence electrons. The molecule has 3 aliphatic carbocycles. The molecule has 0 spiro atoms. The van der Waals surface area contributed by atoms with Crippen LogP contribution < -0.4 is 0 Å². The zero-order chi connectivity index (χ0) is 33.8. The Morgan fingerprint density at radius 1 is 1.06 bits per heavy atom. The second-order valence-electron chi connectivity index (χ2n) is 16.0. The molecule has 0 bridgehead atoms. The van der Waals surface area contributed by atoms with Crippen LogP contribution in [0.15, 0.2) is 42.0 Å². The molecule has 0 radical (unpaired) electrons. The molecule has 0 amide bonds. The minimum Gasteiger partial charge on any atom is -0.462 e. The van der Waals surface area contributed by atoms with Gasteiger partial charge in [0, 0.05) is 18.9 Å². The number of benzene rings is 1. The van der Waals surface area contributed by atoms with Crippen LogP contribution in [-0.2, 0) is 25.5 Å². The second-order valence-corrected chi connectivity index (χ2v) is 16.0. The van der Waals surface area contributed by atoms with Crippen molar-refractivity contribution in [2.75, 3.05) is 6.61 Å². The van der Waals surface area contributed by atoms with E-state index in [4.69, 9.17) is 9.47 Å². The lowest BCUT2D eigenvalue weighted by Gasteiger charge is -2.70. The summed E-state index contributed by atoms with van der Waals surface area (Å²) in [5, 5.41) is 38.3. The topological polar surface area (TPSA) is 113 Å². The Bertz CT molecular complexity index is 1240. The lowest BCUT2D eigenvalue weighted by molar-refractivity contribution is -0.327. The van der Waals surface area contributed by atoms with Crippen LogP contribution >= 0.6 is 0 Å². The SMILES string of the molecule is CC(=O)O[C@@H]1C[C@@H](C)[C@](O)(CCC2=CC(=O)OC2)[C@@]2([C@@H](O)CC[C@H](C)CCCc3ccccc3)[C@H](O)CC[C@@](C)(C3CCCCC3)[C@H]12. The summed E-state index contributed by atoms with van der Waals surface area (Å²) < 4.78 is 11.4. The third-order valence-corrected chi connectivity index (χ3v) is 13.1. The van der Waals surface area contributed by atoms with E-state index in [1.165, 1.54) is 25.0 Å². The van der Waals surface area contributed by atoms with Crippen LogP contribution in [0.2, 0.25) is 0 Å². The first-order chi connectivity index (χ1) is 22.4. The third kappa shape index (κ3) is 7.23. The Hall–Kier alpha value is -2.22. The fraction of sp³-hybridized carbons (Fsp3) is 0.750. The van der Waals surface area contributed by atoms with Gasteiger partial charge in [-0.15, -0.1) is 0 Å². The van der Waals surface area contributed by atoms with Crippen LogP contribution in [0.1, 0.15) is 123 Å². The van der Waals surface area contributed by atoms with Gasteiger partial charge in [-0.1, -0.05) is 76.8 Å². The number of ether oxygens (including phenoxy) is 2. The molecule has 0 saturated heterocycles. The second kappa shape index (κ2) is 15.1. The Kier molecular flexibility index (Phi) is 11.6. The Labute approximate surface area is 282 Å². The largest absolute Gasteiger partial charge is 0.462 e. The summed E-state index contributed by atoms with van der Waals surface area (Å²) >= 11 is 0. The van der Waals surface area contributed by atoms with E-state index in [1.54, 1.807) is 0 Å². The predicted octanol–water partition coefficient (Wildman–Crippen LogP) is 7.10. The summed E-state index contributed by atoms with van der Waals surface area (Å²) in [5.74, 6) is -0.778. The minimum absolute atomic E-state index is 0.210. The molecule has 3 N–H and O–H groups in total. The average Bonchev–Trinajstić information content (AvgIpc) is 3.48. The molecule has 1 aliphatic heterocycles. The van der Waals surface area contributed by atoms with E-state index in [2.05, 4.69) is 38.1 Å². The first kappa shape index (κ1) is 36.1. The van der Waals surface area contributed by atoms with Crippen molar-refractivity contribution in [2.24, 2.45) is 34.5 Å². The van der Waals surface area contributed by atoms with Crippen molar-refractivity contribution >= 4 is 11.9 Å². The number of hydrogen-bond donors (Lipinski definition) is 3. The Morgan fingerprint density at radius 3 is 2.45 bits per heavy atom. The van der Waals surface area contributed by atoms with Crippen LogP contribution in [-0.4, -0.2) is 57.8 Å². The average molecular weight is 653 g/mol. The molecule has 47 heavy (non-hydrogen) atoms. The van der Waals surface area contributed by atoms with Crippen molar-refractivity contribution in [3.63, 3.8) is 0 Å². The summed E-state index contributed by atoms with van der Waals surface area (Å²) in [5.41, 5.74) is -0.931. The molecule has 5 rings (SSSR count). The first-order valence-corrected chi connectivity index (χ1v) is 18.6. The van der Waals surface area contributed by atoms with Crippen molar-refractivity contribution in [1.82, 2.24) is 0 Å². The molecule has 4 aliphatic rings. The molecule has 7 heteroatoms. The van der Waals surface area contributed by atoms with Gasteiger partial charge in [0.05, 0.1) is 23.2 Å². The van der Waals surface area contributed by atoms with Crippen molar-refractivity contribution in [1.29, 1.82) is 0 Å². The monoisotopic (exact) mass is 652 g/mol. The van der Waals surface area contributed by atoms with Crippen molar-refractivity contribution in [3.05, 3.63) is 47.5 Å². The highest BCUT2D eigenvalue weighted by atomic mass is 16.5. The summed E-state index contributed by atoms with van der Waals surface area (Å²) in [7, 11) is 0. The van der Waals surface area contributed by atoms with Gasteiger partial charge in [-0.2, -0.15) is 0 Å². The Morgan fingerprint density at radius 2 is 1.79 bits per heavy atom. The normalized spacial score (nSPS) is 35.8. The van der Waals surface area contributed by atoms with Gasteiger partial charge in [0.2, 0.25) is 0 Å². The number of fused-ring (bicyclic) bond motifs is 1. The number of carbonyl (C=O) groups excluding carboxylic acids is 2. The summed E-state index contributed by atoms with van der Waals surface area (Å²) in [6.07, 6.45) is 11.5. The van der Waals surface area contributed by atoms with Crippen LogP contribution in [0.25, 0.3) is 0 Å². The van der Waals surface area contributed by atoms with Gasteiger partial charge in [-0.25, -0.2) is 4.79 Å². The van der Waals surface area contributed by atoms with E-state index in [0.717, 1.165) is 63.4 Å². The maximum absolute atomic E-state index is 13.3. The fourth-order valence-electron chi connectivity index (χ4n) is 10.8. The maximum atomic E-state index is 13.3. The molecule has 1 heterocycles. The number of aliphatic hydroxyl groups excluding tert-OH is 2. The number of rotatable bonds is 13. The van der Waals surface area contributed by atoms with Crippen LogP contribution in [0.5, 0.6) is 0 Å². The third-order valence-electron chi connectivity index (χ3n) is 13.1. The highest BCUT2D eigenvalue weighted by molar-refractivity contribution is 5.85. The van der Waals surface area contributed by atoms with Gasteiger partial charge in [-0.3, -0.25) is 4.79 Å². The number of carbonyl (C=O) groups is 2. The predicted molar refractivity (Wildman–Crippen MR) is 182 cm³/mol. The van der Waals surface area contributed by atoms with Crippen LogP contribution in [0.4, 0.5) is 0 Å². The number of hydrogen-bond acceptors (Lipinski definition) is 7. The van der Waals surface area contributed by atoms with Crippen molar-refractivity contribution in [2.45, 2.75) is 148 Å². The highest BCUT2D eigenvalue weighted by Crippen LogP contribution is 2.69. The van der Waals surface area contributed by atoms with Crippen LogP contribution in [0, 0.1) is 34.5 Å². The standard InChI is InChI=1S/C40H60O7/c1-27(12-11-15-30-13-7-5-8-14-30)18-19-34(42)40-35(43)21-22-38(4,32-16-9-6-10-17-32)37(40)33(47-29(3)41)24-28(2)39(40,45)23-20-31-25-36(44)46-26-31/h5,7-8,13-14,25,27-28,32-35,37,42-43,45H,6,9-12,15-24,26H2,1-4H3/t27-,28-,33-,34+,35-,37+,38+,39-,40+/m1/s1. The van der Waals surface area contributed by atoms with Crippen molar-refractivity contribution in [3.8, 4) is 0 Å². The van der Waals surface area contributed by atoms with Gasteiger partial charge >= 0.3 is 11.9 Å². The molecular formula is C40H60O7. The summed E-state index contributed by atoms with van der Waals surface area (Å²) in [6.45, 7) is 8.17. The van der Waals surface area contributed by atoms with E-state index >= 15 is 0 Å². The highest BCUT2D eigenvalue weighted by Gasteiger charge is 2.74. The number of aliphatic hydroxyl groups is 3. The van der Waals surface area contributed by atoms with Crippen LogP contribution in [0.3, 0.4) is 0 Å². The van der Waals surface area contributed by atoms with Gasteiger partial charge in [0.25, 0.3) is 0 Å². The zero-order valence-electron chi connectivity index (χ0n) is 29.3. The molecule has 3 fully saturated rings. The molecule has 1 aromatic rings. The molecule has 0 aromatic heterocycles. The van der Waals surface area contributed by atoms with E-state index in [1.807, 2.05) is 13.0 Å². The van der Waals surface area contributed by atoms with Gasteiger partial charge < -0.3 is 24.8 Å². The van der Waals surface area contributed by atoms with Gasteiger partial charge in [0.1, 0.15) is 12.7 Å². The lowest BCUT2D eigenvalue weighted by Crippen LogP contribution is -2.77. The molecular weight excluding hydrogens is 592 g/mol. The number of aryl methyl sites for hydroxylation is 1. The molecule has 0 unspecified atom stereocenters. The summed E-state index contributed by atoms with van der Waals surface area (Å²) in [4.78, 5) is 24.6. The van der Waals surface area contributed by atoms with E-state index in [9.17, 15) is 24.9 Å². The van der Waals surface area contributed by atoms with E-state index in [0.29, 0.717) is 43.9 Å². The smallest absolute Gasteiger partial charge is 0.331 e.